The summed E-state index contributed by atoms with van der Waals surface area (Å²) in [6.45, 7) is 0.341. The summed E-state index contributed by atoms with van der Waals surface area (Å²) in [4.78, 5) is 76.2. The maximum absolute atomic E-state index is 13.3. The van der Waals surface area contributed by atoms with Crippen LogP contribution in [0, 0.1) is 0 Å². The van der Waals surface area contributed by atoms with Crippen LogP contribution in [0.2, 0.25) is 0 Å². The van der Waals surface area contributed by atoms with Gasteiger partial charge in [0.05, 0.1) is 6.04 Å². The fraction of sp³-hybridized carbons (Fsp3) is 0.481. The second-order valence-corrected chi connectivity index (χ2v) is 9.91. The normalized spacial score (nSPS) is 13.9. The lowest BCUT2D eigenvalue weighted by Crippen LogP contribution is -2.57. The molecule has 0 aliphatic heterocycles. The Labute approximate surface area is 241 Å². The van der Waals surface area contributed by atoms with E-state index in [1.54, 1.807) is 6.20 Å². The van der Waals surface area contributed by atoms with Crippen LogP contribution in [-0.4, -0.2) is 81.5 Å². The number of nitrogens with two attached hydrogens (primary N) is 3. The van der Waals surface area contributed by atoms with Gasteiger partial charge in [-0.2, -0.15) is 0 Å². The molecule has 4 unspecified atom stereocenters. The lowest BCUT2D eigenvalue weighted by Gasteiger charge is -2.25. The lowest BCUT2D eigenvalue weighted by atomic mass is 10.0. The van der Waals surface area contributed by atoms with Crippen LogP contribution >= 0.6 is 0 Å². The summed E-state index contributed by atoms with van der Waals surface area (Å²) in [5, 5.41) is 26.7. The second kappa shape index (κ2) is 16.7. The monoisotopic (exact) mass is 589 g/mol. The van der Waals surface area contributed by atoms with Crippen molar-refractivity contribution in [3.8, 4) is 0 Å². The molecule has 0 aliphatic rings. The Morgan fingerprint density at radius 3 is 2.02 bits per heavy atom. The van der Waals surface area contributed by atoms with Crippen molar-refractivity contribution in [3.05, 3.63) is 36.0 Å². The molecule has 42 heavy (non-hydrogen) atoms. The molecule has 0 spiro atoms. The van der Waals surface area contributed by atoms with Gasteiger partial charge in [0.2, 0.25) is 23.6 Å². The van der Waals surface area contributed by atoms with Gasteiger partial charge in [-0.3, -0.25) is 24.0 Å². The van der Waals surface area contributed by atoms with E-state index in [1.165, 1.54) is 0 Å². The van der Waals surface area contributed by atoms with E-state index in [0.29, 0.717) is 19.4 Å². The summed E-state index contributed by atoms with van der Waals surface area (Å²) in [7, 11) is 0. The number of unbranched alkanes of at least 4 members (excludes halogenated alkanes) is 1. The number of aromatic amines is 1. The van der Waals surface area contributed by atoms with Crippen LogP contribution < -0.4 is 33.2 Å². The summed E-state index contributed by atoms with van der Waals surface area (Å²) in [6, 6.07) is 2.40. The Balaban J connectivity index is 2.15. The summed E-state index contributed by atoms with van der Waals surface area (Å²) in [6.07, 6.45) is 1.57. The van der Waals surface area contributed by atoms with Gasteiger partial charge in [0.25, 0.3) is 0 Å². The van der Waals surface area contributed by atoms with Crippen LogP contribution in [0.1, 0.15) is 50.5 Å². The molecule has 0 radical (unpaired) electrons. The van der Waals surface area contributed by atoms with Crippen LogP contribution in [0.3, 0.4) is 0 Å². The molecule has 0 saturated heterocycles. The molecule has 12 N–H and O–H groups in total. The highest BCUT2D eigenvalue weighted by Gasteiger charge is 2.31. The van der Waals surface area contributed by atoms with E-state index >= 15 is 0 Å². The Morgan fingerprint density at radius 2 is 1.40 bits per heavy atom. The molecule has 1 aromatic heterocycles. The Bertz CT molecular complexity index is 1260. The molecule has 230 valence electrons. The number of primary amides is 1. The first-order valence-corrected chi connectivity index (χ1v) is 13.6. The largest absolute Gasteiger partial charge is 0.481 e. The van der Waals surface area contributed by atoms with Crippen molar-refractivity contribution in [3.63, 3.8) is 0 Å². The van der Waals surface area contributed by atoms with E-state index in [2.05, 4.69) is 20.9 Å². The highest BCUT2D eigenvalue weighted by atomic mass is 16.4. The fourth-order valence-electron chi connectivity index (χ4n) is 4.30. The van der Waals surface area contributed by atoms with Crippen LogP contribution in [-0.2, 0) is 35.2 Å². The number of aliphatic carboxylic acids is 2. The topological polar surface area (TPSA) is 273 Å². The minimum atomic E-state index is -1.50. The van der Waals surface area contributed by atoms with Gasteiger partial charge in [-0.1, -0.05) is 18.2 Å². The molecule has 15 nitrogen and oxygen atoms in total. The molecule has 0 bridgehead atoms. The number of nitrogens with one attached hydrogen (secondary N) is 4. The quantitative estimate of drug-likeness (QED) is 0.0886. The molecular weight excluding hydrogens is 550 g/mol. The van der Waals surface area contributed by atoms with Gasteiger partial charge in [-0.05, 0) is 56.7 Å². The molecular formula is C27H39N7O8. The first-order chi connectivity index (χ1) is 19.9. The van der Waals surface area contributed by atoms with Gasteiger partial charge in [0.15, 0.2) is 0 Å². The van der Waals surface area contributed by atoms with Gasteiger partial charge >= 0.3 is 11.9 Å². The average Bonchev–Trinajstić information content (AvgIpc) is 3.34. The highest BCUT2D eigenvalue weighted by Crippen LogP contribution is 2.19. The van der Waals surface area contributed by atoms with Gasteiger partial charge in [-0.25, -0.2) is 4.79 Å². The van der Waals surface area contributed by atoms with Crippen LogP contribution in [0.15, 0.2) is 30.5 Å². The zero-order valence-corrected chi connectivity index (χ0v) is 23.1. The number of rotatable bonds is 19. The third kappa shape index (κ3) is 10.8. The number of carboxylic acids is 2. The minimum Gasteiger partial charge on any atom is -0.481 e. The number of benzene rings is 1. The molecule has 4 amide bonds. The Morgan fingerprint density at radius 1 is 0.810 bits per heavy atom. The number of hydrogen-bond donors (Lipinski definition) is 9. The third-order valence-electron chi connectivity index (χ3n) is 6.61. The van der Waals surface area contributed by atoms with Crippen molar-refractivity contribution in [1.82, 2.24) is 20.9 Å². The maximum atomic E-state index is 13.3. The lowest BCUT2D eigenvalue weighted by molar-refractivity contribution is -0.143. The van der Waals surface area contributed by atoms with Crippen molar-refractivity contribution >= 4 is 46.5 Å². The zero-order valence-electron chi connectivity index (χ0n) is 23.1. The van der Waals surface area contributed by atoms with E-state index < -0.39 is 66.2 Å². The highest BCUT2D eigenvalue weighted by molar-refractivity contribution is 5.94. The number of hydrogen-bond acceptors (Lipinski definition) is 8. The number of aromatic nitrogens is 1. The van der Waals surface area contributed by atoms with Crippen molar-refractivity contribution in [2.75, 3.05) is 6.54 Å². The van der Waals surface area contributed by atoms with Gasteiger partial charge in [-0.15, -0.1) is 0 Å². The molecule has 2 aromatic rings. The Kier molecular flexibility index (Phi) is 13.4. The summed E-state index contributed by atoms with van der Waals surface area (Å²) >= 11 is 0. The first-order valence-electron chi connectivity index (χ1n) is 13.6. The van der Waals surface area contributed by atoms with E-state index in [4.69, 9.17) is 22.3 Å². The number of carbonyl (C=O) groups excluding carboxylic acids is 4. The molecule has 0 saturated carbocycles. The molecule has 0 fully saturated rings. The average molecular weight is 590 g/mol. The number of fused-ring (bicyclic) bond motifs is 1. The van der Waals surface area contributed by atoms with E-state index in [9.17, 15) is 33.9 Å². The molecule has 1 aromatic carbocycles. The molecule has 1 heterocycles. The predicted molar refractivity (Wildman–Crippen MR) is 152 cm³/mol. The smallest absolute Gasteiger partial charge is 0.326 e. The van der Waals surface area contributed by atoms with Crippen LogP contribution in [0.25, 0.3) is 10.9 Å². The standard InChI is InChI=1S/C27H39N7O8/c28-12-4-3-7-19(32-24(38)17(29)13-15-14-31-18-6-2-1-5-16(15)18)25(39)33-20(9-11-23(36)37)26(40)34-21(27(41)42)8-10-22(30)35/h1-2,5-6,14,17,19-21,31H,3-4,7-13,28-29H2,(H2,30,35)(H,32,38)(H,33,39)(H,34,40)(H,36,37)(H,41,42). The van der Waals surface area contributed by atoms with E-state index in [-0.39, 0.29) is 32.1 Å². The molecule has 15 heteroatoms. The zero-order chi connectivity index (χ0) is 31.2. The van der Waals surface area contributed by atoms with E-state index in [0.717, 1.165) is 16.5 Å². The van der Waals surface area contributed by atoms with Crippen LogP contribution in [0.5, 0.6) is 0 Å². The van der Waals surface area contributed by atoms with Gasteiger partial charge in [0.1, 0.15) is 18.1 Å². The van der Waals surface area contributed by atoms with E-state index in [1.807, 2.05) is 24.3 Å². The fourth-order valence-corrected chi connectivity index (χ4v) is 4.30. The summed E-state index contributed by atoms with van der Waals surface area (Å²) < 4.78 is 0. The second-order valence-electron chi connectivity index (χ2n) is 9.91. The summed E-state index contributed by atoms with van der Waals surface area (Å²) in [5.41, 5.74) is 18.5. The SMILES string of the molecule is NCCCCC(NC(=O)C(N)Cc1c[nH]c2ccccc12)C(=O)NC(CCC(=O)O)C(=O)NC(CCC(N)=O)C(=O)O. The van der Waals surface area contributed by atoms with Crippen molar-refractivity contribution in [2.24, 2.45) is 17.2 Å². The number of carboxylic acid groups (broad SMARTS) is 2. The Hall–Kier alpha value is -4.50. The summed E-state index contributed by atoms with van der Waals surface area (Å²) in [5.74, 6) is -5.83. The first kappa shape index (κ1) is 33.7. The third-order valence-corrected chi connectivity index (χ3v) is 6.61. The van der Waals surface area contributed by atoms with Gasteiger partial charge < -0.3 is 48.3 Å². The molecule has 4 atom stereocenters. The van der Waals surface area contributed by atoms with Crippen molar-refractivity contribution < 1.29 is 39.0 Å². The van der Waals surface area contributed by atoms with Crippen molar-refractivity contribution in [1.29, 1.82) is 0 Å². The number of amides is 4. The minimum absolute atomic E-state index is 0.151. The predicted octanol–water partition coefficient (Wildman–Crippen LogP) is -1.16. The maximum Gasteiger partial charge on any atom is 0.326 e. The van der Waals surface area contributed by atoms with Gasteiger partial charge in [0, 0.05) is 29.9 Å². The number of H-pyrrole nitrogens is 1. The molecule has 0 aliphatic carbocycles. The van der Waals surface area contributed by atoms with Crippen LogP contribution in [0.4, 0.5) is 0 Å². The number of carbonyl (C=O) groups is 6. The molecule has 2 rings (SSSR count). The number of para-hydroxylation sites is 1. The van der Waals surface area contributed by atoms with Crippen molar-refractivity contribution in [2.45, 2.75) is 75.5 Å².